The molecule has 1 saturated heterocycles. The van der Waals surface area contributed by atoms with Crippen molar-refractivity contribution in [2.45, 2.75) is 26.4 Å². The van der Waals surface area contributed by atoms with Gasteiger partial charge in [-0.05, 0) is 25.5 Å². The molecule has 1 N–H and O–H groups in total. The molecule has 5 nitrogen and oxygen atoms in total. The highest BCUT2D eigenvalue weighted by Crippen LogP contribution is 2.04. The molecule has 0 radical (unpaired) electrons. The first-order valence-corrected chi connectivity index (χ1v) is 6.69. The first-order valence-electron chi connectivity index (χ1n) is 6.69. The second-order valence-corrected chi connectivity index (χ2v) is 4.81. The summed E-state index contributed by atoms with van der Waals surface area (Å²) in [5, 5.41) is 3.24. The lowest BCUT2D eigenvalue weighted by atomic mass is 10.2. The number of nitrogens with one attached hydrogen (secondary N) is 1. The number of amides is 1. The van der Waals surface area contributed by atoms with Crippen LogP contribution in [0.5, 0.6) is 0 Å². The molecule has 104 valence electrons. The maximum atomic E-state index is 12.2. The molecule has 1 atom stereocenters. The Kier molecular flexibility index (Phi) is 4.87. The molecule has 0 aliphatic carbocycles. The molecule has 0 spiro atoms. The zero-order valence-corrected chi connectivity index (χ0v) is 11.6. The van der Waals surface area contributed by atoms with Gasteiger partial charge in [-0.25, -0.2) is 0 Å². The predicted molar refractivity (Wildman–Crippen MR) is 72.7 cm³/mol. The molecular weight excluding hydrogens is 242 g/mol. The first kappa shape index (κ1) is 14.0. The zero-order chi connectivity index (χ0) is 13.7. The quantitative estimate of drug-likeness (QED) is 0.870. The Bertz CT molecular complexity index is 430. The molecule has 2 rings (SSSR count). The standard InChI is InChI=1S/C14H21N3O2/c1-11-4-3-5-15-13(11)10-16-12(2)14(18)17-6-8-19-9-7-17/h3-5,12,16H,6-10H2,1-2H3. The summed E-state index contributed by atoms with van der Waals surface area (Å²) in [4.78, 5) is 18.4. The van der Waals surface area contributed by atoms with Crippen LogP contribution >= 0.6 is 0 Å². The lowest BCUT2D eigenvalue weighted by Gasteiger charge is -2.29. The van der Waals surface area contributed by atoms with Gasteiger partial charge >= 0.3 is 0 Å². The Morgan fingerprint density at radius 1 is 1.53 bits per heavy atom. The molecule has 1 amide bonds. The van der Waals surface area contributed by atoms with Gasteiger partial charge in [-0.3, -0.25) is 9.78 Å². The van der Waals surface area contributed by atoms with Gasteiger partial charge in [-0.15, -0.1) is 0 Å². The Balaban J connectivity index is 1.85. The second-order valence-electron chi connectivity index (χ2n) is 4.81. The van der Waals surface area contributed by atoms with Crippen LogP contribution in [0.25, 0.3) is 0 Å². The maximum absolute atomic E-state index is 12.2. The minimum absolute atomic E-state index is 0.136. The number of hydrogen-bond acceptors (Lipinski definition) is 4. The van der Waals surface area contributed by atoms with Crippen molar-refractivity contribution < 1.29 is 9.53 Å². The van der Waals surface area contributed by atoms with Crippen LogP contribution in [-0.2, 0) is 16.1 Å². The van der Waals surface area contributed by atoms with Crippen LogP contribution in [0.1, 0.15) is 18.2 Å². The summed E-state index contributed by atoms with van der Waals surface area (Å²) in [6.07, 6.45) is 1.78. The molecular formula is C14H21N3O2. The van der Waals surface area contributed by atoms with E-state index in [-0.39, 0.29) is 11.9 Å². The Morgan fingerprint density at radius 3 is 2.95 bits per heavy atom. The van der Waals surface area contributed by atoms with Gasteiger partial charge in [0.05, 0.1) is 24.9 Å². The van der Waals surface area contributed by atoms with E-state index >= 15 is 0 Å². The molecule has 5 heteroatoms. The number of aromatic nitrogens is 1. The van der Waals surface area contributed by atoms with E-state index in [0.717, 1.165) is 11.3 Å². The summed E-state index contributed by atoms with van der Waals surface area (Å²) in [6.45, 7) is 7.19. The fourth-order valence-corrected chi connectivity index (χ4v) is 2.10. The molecule has 0 bridgehead atoms. The van der Waals surface area contributed by atoms with E-state index in [9.17, 15) is 4.79 Å². The second kappa shape index (κ2) is 6.63. The van der Waals surface area contributed by atoms with Gasteiger partial charge in [-0.1, -0.05) is 6.07 Å². The summed E-state index contributed by atoms with van der Waals surface area (Å²) in [7, 11) is 0. The van der Waals surface area contributed by atoms with Crippen molar-refractivity contribution in [2.75, 3.05) is 26.3 Å². The van der Waals surface area contributed by atoms with Gasteiger partial charge in [0.15, 0.2) is 0 Å². The SMILES string of the molecule is Cc1cccnc1CNC(C)C(=O)N1CCOCC1. The molecule has 0 aromatic carbocycles. The predicted octanol–water partition coefficient (Wildman–Crippen LogP) is 0.727. The minimum Gasteiger partial charge on any atom is -0.378 e. The van der Waals surface area contributed by atoms with Crippen molar-refractivity contribution in [3.8, 4) is 0 Å². The van der Waals surface area contributed by atoms with Crippen LogP contribution in [0.4, 0.5) is 0 Å². The normalized spacial score (nSPS) is 17.3. The van der Waals surface area contributed by atoms with E-state index in [1.54, 1.807) is 6.20 Å². The molecule has 1 aliphatic rings. The number of morpholine rings is 1. The van der Waals surface area contributed by atoms with Crippen molar-refractivity contribution in [1.29, 1.82) is 0 Å². The number of pyridine rings is 1. The van der Waals surface area contributed by atoms with E-state index in [4.69, 9.17) is 4.74 Å². The molecule has 1 aromatic rings. The highest BCUT2D eigenvalue weighted by molar-refractivity contribution is 5.81. The lowest BCUT2D eigenvalue weighted by molar-refractivity contribution is -0.137. The number of nitrogens with zero attached hydrogens (tertiary/aromatic N) is 2. The number of ether oxygens (including phenoxy) is 1. The lowest BCUT2D eigenvalue weighted by Crippen LogP contribution is -2.49. The zero-order valence-electron chi connectivity index (χ0n) is 11.6. The van der Waals surface area contributed by atoms with Crippen LogP contribution < -0.4 is 5.32 Å². The number of carbonyl (C=O) groups is 1. The third kappa shape index (κ3) is 3.75. The van der Waals surface area contributed by atoms with E-state index in [2.05, 4.69) is 10.3 Å². The fourth-order valence-electron chi connectivity index (χ4n) is 2.10. The van der Waals surface area contributed by atoms with Crippen LogP contribution in [0.2, 0.25) is 0 Å². The third-order valence-corrected chi connectivity index (χ3v) is 3.39. The van der Waals surface area contributed by atoms with Gasteiger partial charge in [0.1, 0.15) is 0 Å². The van der Waals surface area contributed by atoms with Crippen LogP contribution in [0.3, 0.4) is 0 Å². The van der Waals surface area contributed by atoms with E-state index in [0.29, 0.717) is 32.8 Å². The number of hydrogen-bond donors (Lipinski definition) is 1. The van der Waals surface area contributed by atoms with Gasteiger partial charge in [0.2, 0.25) is 5.91 Å². The topological polar surface area (TPSA) is 54.5 Å². The smallest absolute Gasteiger partial charge is 0.239 e. The van der Waals surface area contributed by atoms with Gasteiger partial charge in [-0.2, -0.15) is 0 Å². The van der Waals surface area contributed by atoms with Gasteiger partial charge < -0.3 is 15.0 Å². The van der Waals surface area contributed by atoms with Crippen LogP contribution in [0, 0.1) is 6.92 Å². The summed E-state index contributed by atoms with van der Waals surface area (Å²) in [6, 6.07) is 3.75. The molecule has 0 saturated carbocycles. The Hall–Kier alpha value is -1.46. The van der Waals surface area contributed by atoms with Gasteiger partial charge in [0.25, 0.3) is 0 Å². The van der Waals surface area contributed by atoms with E-state index in [1.807, 2.05) is 30.9 Å². The Morgan fingerprint density at radius 2 is 2.26 bits per heavy atom. The molecule has 1 fully saturated rings. The maximum Gasteiger partial charge on any atom is 0.239 e. The van der Waals surface area contributed by atoms with Crippen molar-refractivity contribution in [3.63, 3.8) is 0 Å². The summed E-state index contributed by atoms with van der Waals surface area (Å²) in [5.41, 5.74) is 2.13. The first-order chi connectivity index (χ1) is 9.18. The monoisotopic (exact) mass is 263 g/mol. The summed E-state index contributed by atoms with van der Waals surface area (Å²) < 4.78 is 5.25. The number of carbonyl (C=O) groups excluding carboxylic acids is 1. The van der Waals surface area contributed by atoms with Crippen molar-refractivity contribution >= 4 is 5.91 Å². The summed E-state index contributed by atoms with van der Waals surface area (Å²) in [5.74, 6) is 0.136. The molecule has 1 aromatic heterocycles. The highest BCUT2D eigenvalue weighted by atomic mass is 16.5. The van der Waals surface area contributed by atoms with Crippen LogP contribution in [0.15, 0.2) is 18.3 Å². The fraction of sp³-hybridized carbons (Fsp3) is 0.571. The van der Waals surface area contributed by atoms with E-state index in [1.165, 1.54) is 0 Å². The Labute approximate surface area is 114 Å². The van der Waals surface area contributed by atoms with E-state index < -0.39 is 0 Å². The molecule has 2 heterocycles. The average Bonchev–Trinajstić information content (AvgIpc) is 2.46. The largest absolute Gasteiger partial charge is 0.378 e. The molecule has 19 heavy (non-hydrogen) atoms. The molecule has 1 aliphatic heterocycles. The highest BCUT2D eigenvalue weighted by Gasteiger charge is 2.22. The number of rotatable bonds is 4. The van der Waals surface area contributed by atoms with Crippen LogP contribution in [-0.4, -0.2) is 48.1 Å². The van der Waals surface area contributed by atoms with Crippen molar-refractivity contribution in [1.82, 2.24) is 15.2 Å². The van der Waals surface area contributed by atoms with Gasteiger partial charge in [0, 0.05) is 25.8 Å². The third-order valence-electron chi connectivity index (χ3n) is 3.39. The van der Waals surface area contributed by atoms with Crippen molar-refractivity contribution in [2.24, 2.45) is 0 Å². The average molecular weight is 263 g/mol. The van der Waals surface area contributed by atoms with Crippen molar-refractivity contribution in [3.05, 3.63) is 29.6 Å². The molecule has 1 unspecified atom stereocenters. The minimum atomic E-state index is -0.195. The summed E-state index contributed by atoms with van der Waals surface area (Å²) >= 11 is 0. The number of aryl methyl sites for hydroxylation is 1.